The summed E-state index contributed by atoms with van der Waals surface area (Å²) < 4.78 is 5.21. The SMILES string of the molecule is COc1cccc(CCNC(Cc2ccccc2)[C@H](N)C(=O)C(=O)O)c1. The van der Waals surface area contributed by atoms with Gasteiger partial charge in [-0.15, -0.1) is 0 Å². The zero-order chi connectivity index (χ0) is 18.9. The molecular weight excluding hydrogens is 332 g/mol. The molecule has 0 aliphatic rings. The Labute approximate surface area is 153 Å². The summed E-state index contributed by atoms with van der Waals surface area (Å²) in [6.45, 7) is 0.561. The normalized spacial score (nSPS) is 13.0. The molecule has 0 radical (unpaired) electrons. The van der Waals surface area contributed by atoms with Crippen LogP contribution in [0.3, 0.4) is 0 Å². The summed E-state index contributed by atoms with van der Waals surface area (Å²) in [7, 11) is 1.61. The van der Waals surface area contributed by atoms with Crippen molar-refractivity contribution in [2.75, 3.05) is 13.7 Å². The summed E-state index contributed by atoms with van der Waals surface area (Å²) in [4.78, 5) is 22.8. The van der Waals surface area contributed by atoms with Crippen molar-refractivity contribution < 1.29 is 19.4 Å². The van der Waals surface area contributed by atoms with Gasteiger partial charge >= 0.3 is 5.97 Å². The van der Waals surface area contributed by atoms with Gasteiger partial charge in [-0.05, 0) is 42.6 Å². The summed E-state index contributed by atoms with van der Waals surface area (Å²) in [5.41, 5.74) is 7.99. The number of aliphatic carboxylic acids is 1. The molecule has 0 aromatic heterocycles. The molecule has 1 unspecified atom stereocenters. The van der Waals surface area contributed by atoms with Gasteiger partial charge in [0, 0.05) is 6.04 Å². The van der Waals surface area contributed by atoms with Crippen molar-refractivity contribution in [2.24, 2.45) is 5.73 Å². The van der Waals surface area contributed by atoms with E-state index in [1.807, 2.05) is 54.6 Å². The molecule has 26 heavy (non-hydrogen) atoms. The van der Waals surface area contributed by atoms with E-state index in [0.717, 1.165) is 16.9 Å². The van der Waals surface area contributed by atoms with E-state index in [2.05, 4.69) is 5.32 Å². The van der Waals surface area contributed by atoms with Crippen molar-refractivity contribution in [3.8, 4) is 5.75 Å². The number of rotatable bonds is 10. The lowest BCUT2D eigenvalue weighted by Crippen LogP contribution is -2.53. The van der Waals surface area contributed by atoms with Crippen LogP contribution in [0.15, 0.2) is 54.6 Å². The van der Waals surface area contributed by atoms with Gasteiger partial charge in [-0.3, -0.25) is 4.79 Å². The molecule has 0 saturated carbocycles. The molecule has 0 spiro atoms. The average Bonchev–Trinajstić information content (AvgIpc) is 2.67. The number of hydrogen-bond acceptors (Lipinski definition) is 5. The van der Waals surface area contributed by atoms with Crippen molar-refractivity contribution in [1.29, 1.82) is 0 Å². The summed E-state index contributed by atoms with van der Waals surface area (Å²) in [6, 6.07) is 15.7. The van der Waals surface area contributed by atoms with Gasteiger partial charge in [0.1, 0.15) is 5.75 Å². The molecule has 0 amide bonds. The number of ketones is 1. The van der Waals surface area contributed by atoms with Crippen molar-refractivity contribution in [3.05, 3.63) is 65.7 Å². The third-order valence-electron chi connectivity index (χ3n) is 4.20. The highest BCUT2D eigenvalue weighted by Crippen LogP contribution is 2.13. The molecule has 2 aromatic carbocycles. The molecule has 0 aliphatic heterocycles. The molecule has 138 valence electrons. The number of carboxylic acids is 1. The number of Topliss-reactive ketones (excluding diaryl/α,β-unsaturated/α-hetero) is 1. The van der Waals surface area contributed by atoms with Crippen LogP contribution < -0.4 is 15.8 Å². The van der Waals surface area contributed by atoms with Crippen LogP contribution in [-0.4, -0.2) is 42.6 Å². The Morgan fingerprint density at radius 3 is 2.46 bits per heavy atom. The minimum Gasteiger partial charge on any atom is -0.497 e. The Balaban J connectivity index is 2.02. The molecular formula is C20H24N2O4. The minimum atomic E-state index is -1.51. The minimum absolute atomic E-state index is 0.466. The first-order chi connectivity index (χ1) is 12.5. The molecule has 6 heteroatoms. The Kier molecular flexibility index (Phi) is 7.32. The zero-order valence-electron chi connectivity index (χ0n) is 14.7. The topological polar surface area (TPSA) is 102 Å². The van der Waals surface area contributed by atoms with Gasteiger partial charge in [0.25, 0.3) is 5.78 Å². The van der Waals surface area contributed by atoms with Gasteiger partial charge < -0.3 is 20.9 Å². The Bertz CT molecular complexity index is 734. The van der Waals surface area contributed by atoms with E-state index in [1.165, 1.54) is 0 Å². The highest BCUT2D eigenvalue weighted by atomic mass is 16.5. The van der Waals surface area contributed by atoms with Crippen LogP contribution in [0.4, 0.5) is 0 Å². The fourth-order valence-corrected chi connectivity index (χ4v) is 2.75. The van der Waals surface area contributed by atoms with E-state index in [4.69, 9.17) is 15.6 Å². The largest absolute Gasteiger partial charge is 0.497 e. The van der Waals surface area contributed by atoms with Gasteiger partial charge in [-0.1, -0.05) is 42.5 Å². The Hall–Kier alpha value is -2.70. The van der Waals surface area contributed by atoms with E-state index in [9.17, 15) is 9.59 Å². The first-order valence-corrected chi connectivity index (χ1v) is 8.44. The van der Waals surface area contributed by atoms with Gasteiger partial charge in [-0.25, -0.2) is 4.79 Å². The third-order valence-corrected chi connectivity index (χ3v) is 4.20. The summed E-state index contributed by atoms with van der Waals surface area (Å²) >= 11 is 0. The predicted molar refractivity (Wildman–Crippen MR) is 99.3 cm³/mol. The maximum atomic E-state index is 11.8. The van der Waals surface area contributed by atoms with Gasteiger partial charge in [0.2, 0.25) is 0 Å². The summed E-state index contributed by atoms with van der Waals surface area (Å²) in [5.74, 6) is -1.72. The monoisotopic (exact) mass is 356 g/mol. The maximum absolute atomic E-state index is 11.8. The number of nitrogens with one attached hydrogen (secondary N) is 1. The summed E-state index contributed by atoms with van der Waals surface area (Å²) in [5, 5.41) is 12.2. The second-order valence-corrected chi connectivity index (χ2v) is 6.05. The number of ether oxygens (including phenoxy) is 1. The number of carboxylic acid groups (broad SMARTS) is 1. The number of nitrogens with two attached hydrogens (primary N) is 1. The second-order valence-electron chi connectivity index (χ2n) is 6.05. The predicted octanol–water partition coefficient (Wildman–Crippen LogP) is 1.42. The van der Waals surface area contributed by atoms with Crippen molar-refractivity contribution in [3.63, 3.8) is 0 Å². The van der Waals surface area contributed by atoms with E-state index >= 15 is 0 Å². The third kappa shape index (κ3) is 5.68. The van der Waals surface area contributed by atoms with Gasteiger partial charge in [0.15, 0.2) is 0 Å². The fourth-order valence-electron chi connectivity index (χ4n) is 2.75. The number of benzene rings is 2. The van der Waals surface area contributed by atoms with Crippen LogP contribution in [-0.2, 0) is 22.4 Å². The standard InChI is InChI=1S/C20H24N2O4/c1-26-16-9-5-8-15(12-16)10-11-22-17(18(21)19(23)20(24)25)13-14-6-3-2-4-7-14/h2-9,12,17-18,22H,10-11,13,21H2,1H3,(H,24,25)/t17?,18-/m0/s1. The van der Waals surface area contributed by atoms with Crippen LogP contribution >= 0.6 is 0 Å². The van der Waals surface area contributed by atoms with Crippen molar-refractivity contribution in [1.82, 2.24) is 5.32 Å². The van der Waals surface area contributed by atoms with Crippen LogP contribution in [0.25, 0.3) is 0 Å². The van der Waals surface area contributed by atoms with E-state index in [-0.39, 0.29) is 0 Å². The molecule has 4 N–H and O–H groups in total. The molecule has 6 nitrogen and oxygen atoms in total. The van der Waals surface area contributed by atoms with E-state index < -0.39 is 23.8 Å². The molecule has 0 bridgehead atoms. The lowest BCUT2D eigenvalue weighted by Gasteiger charge is -2.23. The van der Waals surface area contributed by atoms with Gasteiger partial charge in [0.05, 0.1) is 13.2 Å². The van der Waals surface area contributed by atoms with Crippen LogP contribution in [0.2, 0.25) is 0 Å². The smallest absolute Gasteiger partial charge is 0.373 e. The number of carbonyl (C=O) groups is 2. The van der Waals surface area contributed by atoms with Gasteiger partial charge in [-0.2, -0.15) is 0 Å². The molecule has 0 fully saturated rings. The Morgan fingerprint density at radius 2 is 1.81 bits per heavy atom. The quantitative estimate of drug-likeness (QED) is 0.557. The first kappa shape index (κ1) is 19.6. The lowest BCUT2D eigenvalue weighted by atomic mass is 9.96. The van der Waals surface area contributed by atoms with Crippen LogP contribution in [0.1, 0.15) is 11.1 Å². The van der Waals surface area contributed by atoms with Crippen molar-refractivity contribution in [2.45, 2.75) is 24.9 Å². The maximum Gasteiger partial charge on any atom is 0.373 e. The lowest BCUT2D eigenvalue weighted by molar-refractivity contribution is -0.150. The first-order valence-electron chi connectivity index (χ1n) is 8.44. The van der Waals surface area contributed by atoms with Crippen molar-refractivity contribution >= 4 is 11.8 Å². The second kappa shape index (κ2) is 9.70. The highest BCUT2D eigenvalue weighted by molar-refractivity contribution is 6.35. The molecule has 2 aromatic rings. The van der Waals surface area contributed by atoms with Crippen LogP contribution in [0.5, 0.6) is 5.75 Å². The molecule has 2 rings (SSSR count). The fraction of sp³-hybridized carbons (Fsp3) is 0.300. The average molecular weight is 356 g/mol. The summed E-state index contributed by atoms with van der Waals surface area (Å²) in [6.07, 6.45) is 1.18. The molecule has 0 heterocycles. The number of hydrogen-bond donors (Lipinski definition) is 3. The van der Waals surface area contributed by atoms with E-state index in [1.54, 1.807) is 7.11 Å². The highest BCUT2D eigenvalue weighted by Gasteiger charge is 2.29. The molecule has 2 atom stereocenters. The molecule has 0 aliphatic carbocycles. The molecule has 0 saturated heterocycles. The number of methoxy groups -OCH3 is 1. The van der Waals surface area contributed by atoms with Crippen LogP contribution in [0, 0.1) is 0 Å². The Morgan fingerprint density at radius 1 is 1.12 bits per heavy atom. The van der Waals surface area contributed by atoms with E-state index in [0.29, 0.717) is 19.4 Å². The number of carbonyl (C=O) groups excluding carboxylic acids is 1. The zero-order valence-corrected chi connectivity index (χ0v) is 14.7.